The zero-order valence-electron chi connectivity index (χ0n) is 13.3. The number of hydrogen-bond acceptors (Lipinski definition) is 4. The average Bonchev–Trinajstić information content (AvgIpc) is 2.59. The van der Waals surface area contributed by atoms with Crippen molar-refractivity contribution in [3.8, 4) is 5.88 Å². The van der Waals surface area contributed by atoms with Crippen LogP contribution in [0.3, 0.4) is 0 Å². The first-order valence-corrected chi connectivity index (χ1v) is 7.47. The van der Waals surface area contributed by atoms with Gasteiger partial charge >= 0.3 is 6.18 Å². The SMILES string of the molecule is O=C(CCC(=O)c1ccc(F)cc1)Nc1ccc(OCC(F)(F)F)nc1. The number of nitrogens with zero attached hydrogens (tertiary/aromatic N) is 1. The van der Waals surface area contributed by atoms with Crippen LogP contribution in [0, 0.1) is 5.82 Å². The van der Waals surface area contributed by atoms with Crippen LogP contribution in [-0.2, 0) is 4.79 Å². The number of alkyl halides is 3. The van der Waals surface area contributed by atoms with Crippen LogP contribution in [0.2, 0.25) is 0 Å². The van der Waals surface area contributed by atoms with Crippen molar-refractivity contribution < 1.29 is 31.9 Å². The van der Waals surface area contributed by atoms with E-state index in [2.05, 4.69) is 15.0 Å². The number of rotatable bonds is 7. The monoisotopic (exact) mass is 370 g/mol. The van der Waals surface area contributed by atoms with Crippen LogP contribution in [-0.4, -0.2) is 29.5 Å². The number of pyridine rings is 1. The largest absolute Gasteiger partial charge is 0.468 e. The summed E-state index contributed by atoms with van der Waals surface area (Å²) in [7, 11) is 0. The van der Waals surface area contributed by atoms with E-state index in [0.717, 1.165) is 18.3 Å². The van der Waals surface area contributed by atoms with Gasteiger partial charge in [-0.25, -0.2) is 9.37 Å². The lowest BCUT2D eigenvalue weighted by molar-refractivity contribution is -0.154. The minimum Gasteiger partial charge on any atom is -0.468 e. The molecular formula is C17H14F4N2O3. The molecule has 138 valence electrons. The summed E-state index contributed by atoms with van der Waals surface area (Å²) in [5.74, 6) is -1.47. The van der Waals surface area contributed by atoms with Crippen molar-refractivity contribution in [3.05, 3.63) is 54.0 Å². The standard InChI is InChI=1S/C17H14F4N2O3/c18-12-3-1-11(2-4-12)14(24)6-7-15(25)23-13-5-8-16(22-9-13)26-10-17(19,20)21/h1-5,8-9H,6-7,10H2,(H,23,25). The van der Waals surface area contributed by atoms with Crippen molar-refractivity contribution in [2.45, 2.75) is 19.0 Å². The number of carbonyl (C=O) groups excluding carboxylic acids is 2. The van der Waals surface area contributed by atoms with E-state index in [-0.39, 0.29) is 30.2 Å². The number of nitrogens with one attached hydrogen (secondary N) is 1. The summed E-state index contributed by atoms with van der Waals surface area (Å²) >= 11 is 0. The molecule has 1 heterocycles. The summed E-state index contributed by atoms with van der Waals surface area (Å²) in [6.07, 6.45) is -3.50. The minimum atomic E-state index is -4.47. The van der Waals surface area contributed by atoms with Crippen LogP contribution in [0.1, 0.15) is 23.2 Å². The number of aromatic nitrogens is 1. The third-order valence-corrected chi connectivity index (χ3v) is 3.15. The number of benzene rings is 1. The summed E-state index contributed by atoms with van der Waals surface area (Å²) in [6.45, 7) is -1.46. The van der Waals surface area contributed by atoms with Crippen molar-refractivity contribution in [1.82, 2.24) is 4.98 Å². The Morgan fingerprint density at radius 3 is 2.31 bits per heavy atom. The fourth-order valence-electron chi connectivity index (χ4n) is 1.93. The van der Waals surface area contributed by atoms with Crippen molar-refractivity contribution in [2.24, 2.45) is 0 Å². The maximum absolute atomic E-state index is 12.8. The Hall–Kier alpha value is -2.97. The number of hydrogen-bond donors (Lipinski definition) is 1. The molecule has 1 N–H and O–H groups in total. The zero-order chi connectivity index (χ0) is 19.2. The van der Waals surface area contributed by atoms with Crippen molar-refractivity contribution in [2.75, 3.05) is 11.9 Å². The molecule has 0 aliphatic heterocycles. The van der Waals surface area contributed by atoms with E-state index in [4.69, 9.17) is 0 Å². The van der Waals surface area contributed by atoms with E-state index in [1.54, 1.807) is 0 Å². The maximum Gasteiger partial charge on any atom is 0.422 e. The highest BCUT2D eigenvalue weighted by Gasteiger charge is 2.28. The van der Waals surface area contributed by atoms with Gasteiger partial charge in [0, 0.05) is 24.5 Å². The Bertz CT molecular complexity index is 759. The lowest BCUT2D eigenvalue weighted by Crippen LogP contribution is -2.19. The molecule has 0 unspecified atom stereocenters. The molecule has 0 aliphatic carbocycles. The molecule has 2 aromatic rings. The quantitative estimate of drug-likeness (QED) is 0.595. The van der Waals surface area contributed by atoms with E-state index in [1.165, 1.54) is 24.3 Å². The predicted octanol–water partition coefficient (Wildman–Crippen LogP) is 3.76. The minimum absolute atomic E-state index is 0.0718. The Morgan fingerprint density at radius 2 is 1.73 bits per heavy atom. The van der Waals surface area contributed by atoms with Crippen LogP contribution in [0.15, 0.2) is 42.6 Å². The topological polar surface area (TPSA) is 68.3 Å². The van der Waals surface area contributed by atoms with Crippen molar-refractivity contribution >= 4 is 17.4 Å². The van der Waals surface area contributed by atoms with Crippen LogP contribution in [0.4, 0.5) is 23.2 Å². The van der Waals surface area contributed by atoms with E-state index in [1.807, 2.05) is 0 Å². The molecule has 0 saturated carbocycles. The number of anilines is 1. The van der Waals surface area contributed by atoms with Gasteiger partial charge in [-0.15, -0.1) is 0 Å². The number of ketones is 1. The highest BCUT2D eigenvalue weighted by Crippen LogP contribution is 2.18. The Morgan fingerprint density at radius 1 is 1.04 bits per heavy atom. The van der Waals surface area contributed by atoms with E-state index in [0.29, 0.717) is 5.56 Å². The van der Waals surface area contributed by atoms with Gasteiger partial charge in [-0.1, -0.05) is 0 Å². The smallest absolute Gasteiger partial charge is 0.422 e. The van der Waals surface area contributed by atoms with Gasteiger partial charge in [0.25, 0.3) is 0 Å². The summed E-state index contributed by atoms with van der Waals surface area (Å²) in [5.41, 5.74) is 0.552. The number of ether oxygens (including phenoxy) is 1. The molecule has 1 aromatic carbocycles. The molecule has 0 fully saturated rings. The van der Waals surface area contributed by atoms with Crippen LogP contribution in [0.5, 0.6) is 5.88 Å². The van der Waals surface area contributed by atoms with Crippen molar-refractivity contribution in [1.29, 1.82) is 0 Å². The molecule has 0 aliphatic rings. The summed E-state index contributed by atoms with van der Waals surface area (Å²) in [5, 5.41) is 2.47. The molecular weight excluding hydrogens is 356 g/mol. The fourth-order valence-corrected chi connectivity index (χ4v) is 1.93. The first-order valence-electron chi connectivity index (χ1n) is 7.47. The lowest BCUT2D eigenvalue weighted by atomic mass is 10.1. The second kappa shape index (κ2) is 8.41. The van der Waals surface area contributed by atoms with Crippen LogP contribution in [0.25, 0.3) is 0 Å². The number of amides is 1. The molecule has 2 rings (SSSR count). The van der Waals surface area contributed by atoms with Crippen LogP contribution < -0.4 is 10.1 Å². The Balaban J connectivity index is 1.80. The Kier molecular flexibility index (Phi) is 6.26. The predicted molar refractivity (Wildman–Crippen MR) is 84.4 cm³/mol. The number of Topliss-reactive ketones (excluding diaryl/α,β-unsaturated/α-hetero) is 1. The number of carbonyl (C=O) groups is 2. The highest BCUT2D eigenvalue weighted by molar-refractivity contribution is 5.99. The van der Waals surface area contributed by atoms with E-state index < -0.39 is 24.5 Å². The van der Waals surface area contributed by atoms with Gasteiger partial charge in [-0.2, -0.15) is 13.2 Å². The second-order valence-electron chi connectivity index (χ2n) is 5.27. The fraction of sp³-hybridized carbons (Fsp3) is 0.235. The summed E-state index contributed by atoms with van der Waals surface area (Å²) in [6, 6.07) is 7.49. The second-order valence-corrected chi connectivity index (χ2v) is 5.27. The molecule has 0 atom stereocenters. The van der Waals surface area contributed by atoms with Gasteiger partial charge < -0.3 is 10.1 Å². The normalized spacial score (nSPS) is 11.1. The van der Waals surface area contributed by atoms with E-state index >= 15 is 0 Å². The first kappa shape index (κ1) is 19.4. The van der Waals surface area contributed by atoms with Gasteiger partial charge in [0.05, 0.1) is 11.9 Å². The molecule has 9 heteroatoms. The Labute approximate surface area is 146 Å². The third kappa shape index (κ3) is 6.50. The van der Waals surface area contributed by atoms with Gasteiger partial charge in [0.2, 0.25) is 11.8 Å². The summed E-state index contributed by atoms with van der Waals surface area (Å²) in [4.78, 5) is 27.3. The zero-order valence-corrected chi connectivity index (χ0v) is 13.3. The average molecular weight is 370 g/mol. The first-order chi connectivity index (χ1) is 12.2. The third-order valence-electron chi connectivity index (χ3n) is 3.15. The van der Waals surface area contributed by atoms with Crippen LogP contribution >= 0.6 is 0 Å². The van der Waals surface area contributed by atoms with Gasteiger partial charge in [-0.05, 0) is 30.3 Å². The molecule has 1 aromatic heterocycles. The number of halogens is 4. The molecule has 0 radical (unpaired) electrons. The maximum atomic E-state index is 12.8. The molecule has 1 amide bonds. The van der Waals surface area contributed by atoms with Crippen molar-refractivity contribution in [3.63, 3.8) is 0 Å². The molecule has 5 nitrogen and oxygen atoms in total. The van der Waals surface area contributed by atoms with Gasteiger partial charge in [-0.3, -0.25) is 9.59 Å². The lowest BCUT2D eigenvalue weighted by Gasteiger charge is -2.09. The molecule has 0 bridgehead atoms. The highest BCUT2D eigenvalue weighted by atomic mass is 19.4. The molecule has 0 saturated heterocycles. The molecule has 0 spiro atoms. The molecule has 26 heavy (non-hydrogen) atoms. The van der Waals surface area contributed by atoms with E-state index in [9.17, 15) is 27.2 Å². The summed E-state index contributed by atoms with van der Waals surface area (Å²) < 4.78 is 53.3. The van der Waals surface area contributed by atoms with Gasteiger partial charge in [0.1, 0.15) is 5.82 Å². The van der Waals surface area contributed by atoms with Gasteiger partial charge in [0.15, 0.2) is 12.4 Å².